The van der Waals surface area contributed by atoms with E-state index in [1.807, 2.05) is 24.4 Å². The van der Waals surface area contributed by atoms with E-state index >= 15 is 0 Å². The molecule has 3 aromatic rings. The van der Waals surface area contributed by atoms with Crippen molar-refractivity contribution in [1.82, 2.24) is 30.4 Å². The van der Waals surface area contributed by atoms with Gasteiger partial charge < -0.3 is 31.2 Å². The van der Waals surface area contributed by atoms with Gasteiger partial charge in [0.1, 0.15) is 17.3 Å². The molecule has 1 unspecified atom stereocenters. The van der Waals surface area contributed by atoms with Gasteiger partial charge in [-0.05, 0) is 56.3 Å². The maximum atomic E-state index is 14.1. The third-order valence-corrected chi connectivity index (χ3v) is 7.54. The Bertz CT molecular complexity index is 1420. The molecule has 226 valence electrons. The van der Waals surface area contributed by atoms with Gasteiger partial charge in [-0.25, -0.2) is 4.98 Å². The van der Waals surface area contributed by atoms with Crippen LogP contribution >= 0.6 is 11.3 Å². The standard InChI is InChI=1S/C29H39N7O5S/c1-3-35-19-23(26(39)22-9-6-12-33-27(22)35)29(41)36(16-15-32-25(38)18-21-8-7-17-42-21)24(10-4-5-11-30)28(40)34-14-13-31-20(2)37/h6-9,12,17,19,24H,3-5,10-11,13-16,18,30H2,1-2H3,(H,31,37)(H,32,38)(H,34,40). The van der Waals surface area contributed by atoms with Crippen LogP contribution in [-0.2, 0) is 27.3 Å². The Morgan fingerprint density at radius 3 is 2.55 bits per heavy atom. The highest BCUT2D eigenvalue weighted by Gasteiger charge is 2.32. The number of pyridine rings is 2. The van der Waals surface area contributed by atoms with Crippen LogP contribution in [0.5, 0.6) is 0 Å². The zero-order valence-electron chi connectivity index (χ0n) is 24.1. The average Bonchev–Trinajstić information content (AvgIpc) is 3.49. The molecule has 0 bridgehead atoms. The number of aromatic nitrogens is 2. The largest absolute Gasteiger partial charge is 0.355 e. The molecule has 0 aromatic carbocycles. The fourth-order valence-electron chi connectivity index (χ4n) is 4.57. The summed E-state index contributed by atoms with van der Waals surface area (Å²) in [7, 11) is 0. The second-order valence-corrected chi connectivity index (χ2v) is 10.7. The van der Waals surface area contributed by atoms with Crippen molar-refractivity contribution in [3.63, 3.8) is 0 Å². The topological polar surface area (TPSA) is 169 Å². The Labute approximate surface area is 248 Å². The molecule has 42 heavy (non-hydrogen) atoms. The van der Waals surface area contributed by atoms with Gasteiger partial charge in [0.2, 0.25) is 23.2 Å². The fraction of sp³-hybridized carbons (Fsp3) is 0.448. The van der Waals surface area contributed by atoms with E-state index < -0.39 is 23.3 Å². The SMILES string of the molecule is CCn1cc(C(=O)N(CCNC(=O)Cc2cccs2)C(CCCCN)C(=O)NCCNC(C)=O)c(=O)c2cccnc21. The van der Waals surface area contributed by atoms with E-state index in [2.05, 4.69) is 20.9 Å². The lowest BCUT2D eigenvalue weighted by atomic mass is 10.0. The number of thiophene rings is 1. The second kappa shape index (κ2) is 16.4. The molecule has 0 aliphatic rings. The molecular weight excluding hydrogens is 558 g/mol. The number of amides is 4. The van der Waals surface area contributed by atoms with E-state index in [4.69, 9.17) is 5.73 Å². The highest BCUT2D eigenvalue weighted by atomic mass is 32.1. The Hall–Kier alpha value is -4.10. The van der Waals surface area contributed by atoms with Gasteiger partial charge in [0.05, 0.1) is 11.8 Å². The van der Waals surface area contributed by atoms with Crippen molar-refractivity contribution in [2.24, 2.45) is 5.73 Å². The van der Waals surface area contributed by atoms with E-state index in [1.54, 1.807) is 22.9 Å². The molecule has 13 heteroatoms. The van der Waals surface area contributed by atoms with Gasteiger partial charge in [0.15, 0.2) is 0 Å². The van der Waals surface area contributed by atoms with Crippen LogP contribution in [0.3, 0.4) is 0 Å². The normalized spacial score (nSPS) is 11.6. The molecule has 3 aromatic heterocycles. The number of nitrogens with zero attached hydrogens (tertiary/aromatic N) is 3. The molecule has 0 saturated carbocycles. The van der Waals surface area contributed by atoms with E-state index in [9.17, 15) is 24.0 Å². The van der Waals surface area contributed by atoms with Gasteiger partial charge in [-0.3, -0.25) is 24.0 Å². The molecule has 0 aliphatic carbocycles. The molecule has 0 saturated heterocycles. The number of carbonyl (C=O) groups is 4. The maximum absolute atomic E-state index is 14.1. The number of rotatable bonds is 16. The molecule has 3 rings (SSSR count). The molecule has 1 atom stereocenters. The monoisotopic (exact) mass is 597 g/mol. The van der Waals surface area contributed by atoms with Crippen LogP contribution in [-0.4, -0.2) is 76.8 Å². The molecule has 0 spiro atoms. The minimum absolute atomic E-state index is 0.00192. The first-order valence-corrected chi connectivity index (χ1v) is 14.9. The van der Waals surface area contributed by atoms with Crippen molar-refractivity contribution in [3.05, 3.63) is 62.7 Å². The predicted molar refractivity (Wildman–Crippen MR) is 162 cm³/mol. The van der Waals surface area contributed by atoms with E-state index in [-0.39, 0.29) is 50.0 Å². The van der Waals surface area contributed by atoms with Gasteiger partial charge in [0, 0.05) is 56.9 Å². The van der Waals surface area contributed by atoms with Gasteiger partial charge in [-0.15, -0.1) is 11.3 Å². The molecular formula is C29H39N7O5S. The number of aryl methyl sites for hydroxylation is 1. The first-order chi connectivity index (χ1) is 20.3. The third-order valence-electron chi connectivity index (χ3n) is 6.66. The quantitative estimate of drug-likeness (QED) is 0.179. The van der Waals surface area contributed by atoms with Crippen LogP contribution in [0.25, 0.3) is 11.0 Å². The number of carbonyl (C=O) groups excluding carboxylic acids is 4. The summed E-state index contributed by atoms with van der Waals surface area (Å²) in [6.07, 6.45) is 4.77. The smallest absolute Gasteiger partial charge is 0.260 e. The second-order valence-electron chi connectivity index (χ2n) is 9.71. The summed E-state index contributed by atoms with van der Waals surface area (Å²) in [4.78, 5) is 71.5. The zero-order chi connectivity index (χ0) is 30.5. The van der Waals surface area contributed by atoms with Crippen LogP contribution in [0, 0.1) is 0 Å². The Balaban J connectivity index is 1.92. The number of nitrogens with one attached hydrogen (secondary N) is 3. The summed E-state index contributed by atoms with van der Waals surface area (Å²) < 4.78 is 1.72. The van der Waals surface area contributed by atoms with E-state index in [0.717, 1.165) is 4.88 Å². The van der Waals surface area contributed by atoms with E-state index in [0.29, 0.717) is 43.4 Å². The van der Waals surface area contributed by atoms with Crippen LogP contribution in [0.2, 0.25) is 0 Å². The molecule has 0 fully saturated rings. The lowest BCUT2D eigenvalue weighted by Crippen LogP contribution is -2.53. The highest BCUT2D eigenvalue weighted by Crippen LogP contribution is 2.16. The van der Waals surface area contributed by atoms with Crippen molar-refractivity contribution in [2.75, 3.05) is 32.7 Å². The van der Waals surface area contributed by atoms with Crippen LogP contribution in [0.15, 0.2) is 46.8 Å². The van der Waals surface area contributed by atoms with Crippen molar-refractivity contribution in [1.29, 1.82) is 0 Å². The molecule has 12 nitrogen and oxygen atoms in total. The van der Waals surface area contributed by atoms with E-state index in [1.165, 1.54) is 29.4 Å². The van der Waals surface area contributed by atoms with Crippen LogP contribution in [0.1, 0.15) is 48.3 Å². The first kappa shape index (κ1) is 32.4. The summed E-state index contributed by atoms with van der Waals surface area (Å²) in [6.45, 7) is 4.62. The summed E-state index contributed by atoms with van der Waals surface area (Å²) >= 11 is 1.47. The van der Waals surface area contributed by atoms with Crippen molar-refractivity contribution >= 4 is 46.0 Å². The van der Waals surface area contributed by atoms with Crippen LogP contribution in [0.4, 0.5) is 0 Å². The summed E-state index contributed by atoms with van der Waals surface area (Å²) in [5.41, 5.74) is 5.60. The number of unbranched alkanes of at least 4 members (excludes halogenated alkanes) is 1. The van der Waals surface area contributed by atoms with Gasteiger partial charge >= 0.3 is 0 Å². The molecule has 4 amide bonds. The fourth-order valence-corrected chi connectivity index (χ4v) is 5.28. The molecule has 5 N–H and O–H groups in total. The van der Waals surface area contributed by atoms with Crippen molar-refractivity contribution in [3.8, 4) is 0 Å². The average molecular weight is 598 g/mol. The third kappa shape index (κ3) is 8.95. The number of hydrogen-bond donors (Lipinski definition) is 4. The number of nitrogens with two attached hydrogens (primary N) is 1. The van der Waals surface area contributed by atoms with Gasteiger partial charge in [-0.1, -0.05) is 6.07 Å². The summed E-state index contributed by atoms with van der Waals surface area (Å²) in [5, 5.41) is 10.4. The lowest BCUT2D eigenvalue weighted by Gasteiger charge is -2.31. The zero-order valence-corrected chi connectivity index (χ0v) is 24.9. The van der Waals surface area contributed by atoms with Gasteiger partial charge in [0.25, 0.3) is 5.91 Å². The Kier molecular flexibility index (Phi) is 12.6. The molecule has 0 aliphatic heterocycles. The van der Waals surface area contributed by atoms with Crippen molar-refractivity contribution in [2.45, 2.75) is 52.1 Å². The predicted octanol–water partition coefficient (Wildman–Crippen LogP) is 1.03. The Morgan fingerprint density at radius 1 is 1.07 bits per heavy atom. The maximum Gasteiger partial charge on any atom is 0.260 e. The molecule has 0 radical (unpaired) electrons. The minimum atomic E-state index is -0.936. The minimum Gasteiger partial charge on any atom is -0.355 e. The number of hydrogen-bond acceptors (Lipinski definition) is 8. The number of fused-ring (bicyclic) bond motifs is 1. The highest BCUT2D eigenvalue weighted by molar-refractivity contribution is 7.10. The van der Waals surface area contributed by atoms with Crippen LogP contribution < -0.4 is 27.1 Å². The Morgan fingerprint density at radius 2 is 1.86 bits per heavy atom. The lowest BCUT2D eigenvalue weighted by molar-refractivity contribution is -0.126. The van der Waals surface area contributed by atoms with Crippen molar-refractivity contribution < 1.29 is 19.2 Å². The summed E-state index contributed by atoms with van der Waals surface area (Å²) in [6, 6.07) is 6.06. The molecule has 3 heterocycles. The summed E-state index contributed by atoms with van der Waals surface area (Å²) in [5.74, 6) is -1.48. The van der Waals surface area contributed by atoms with Gasteiger partial charge in [-0.2, -0.15) is 0 Å². The first-order valence-electron chi connectivity index (χ1n) is 14.1.